The van der Waals surface area contributed by atoms with Gasteiger partial charge in [-0.2, -0.15) is 4.99 Å². The van der Waals surface area contributed by atoms with Crippen LogP contribution in [0.4, 0.5) is 11.4 Å². The van der Waals surface area contributed by atoms with Crippen molar-refractivity contribution in [3.63, 3.8) is 0 Å². The van der Waals surface area contributed by atoms with Crippen molar-refractivity contribution in [3.05, 3.63) is 59.1 Å². The molecule has 0 bridgehead atoms. The lowest BCUT2D eigenvalue weighted by Gasteiger charge is -2.19. The van der Waals surface area contributed by atoms with Gasteiger partial charge in [0.15, 0.2) is 10.3 Å². The summed E-state index contributed by atoms with van der Waals surface area (Å²) >= 11 is 12.8. The lowest BCUT2D eigenvalue weighted by Crippen LogP contribution is -2.18. The van der Waals surface area contributed by atoms with Crippen LogP contribution >= 0.6 is 35.6 Å². The summed E-state index contributed by atoms with van der Waals surface area (Å²) < 4.78 is 0. The first-order valence-corrected chi connectivity index (χ1v) is 8.11. The molecule has 0 saturated heterocycles. The van der Waals surface area contributed by atoms with E-state index in [1.165, 1.54) is 5.56 Å². The molecule has 0 aromatic heterocycles. The molecule has 0 fully saturated rings. The Morgan fingerprint density at radius 1 is 1.19 bits per heavy atom. The Labute approximate surface area is 137 Å². The second kappa shape index (κ2) is 6.47. The summed E-state index contributed by atoms with van der Waals surface area (Å²) in [5.41, 5.74) is 3.23. The third kappa shape index (κ3) is 3.75. The number of nitrogens with zero attached hydrogens (tertiary/aromatic N) is 1. The van der Waals surface area contributed by atoms with Crippen LogP contribution in [0.3, 0.4) is 0 Å². The molecule has 1 heterocycles. The number of aliphatic imine (C=N–C) groups is 1. The fourth-order valence-electron chi connectivity index (χ4n) is 1.90. The molecule has 106 valence electrons. The van der Waals surface area contributed by atoms with E-state index in [0.29, 0.717) is 10.1 Å². The molecule has 0 atom stereocenters. The number of para-hydroxylation sites is 1. The van der Waals surface area contributed by atoms with Crippen molar-refractivity contribution in [1.82, 2.24) is 0 Å². The van der Waals surface area contributed by atoms with Crippen LogP contribution in [0.5, 0.6) is 0 Å². The van der Waals surface area contributed by atoms with E-state index in [1.807, 2.05) is 42.5 Å². The molecule has 2 aromatic rings. The van der Waals surface area contributed by atoms with E-state index in [-0.39, 0.29) is 0 Å². The number of fused-ring (bicyclic) bond motifs is 1. The lowest BCUT2D eigenvalue weighted by atomic mass is 10.2. The van der Waals surface area contributed by atoms with E-state index in [0.717, 1.165) is 22.3 Å². The number of thioether (sulfide) groups is 1. The van der Waals surface area contributed by atoms with Crippen molar-refractivity contribution in [2.75, 3.05) is 10.6 Å². The summed E-state index contributed by atoms with van der Waals surface area (Å²) in [6.07, 6.45) is 0. The summed E-state index contributed by atoms with van der Waals surface area (Å²) in [5.74, 6) is 0.894. The molecular formula is C15H12ClN3S2. The Hall–Kier alpha value is -1.56. The minimum Gasteiger partial charge on any atom is -0.334 e. The first-order chi connectivity index (χ1) is 10.2. The molecule has 3 nitrogen and oxygen atoms in total. The van der Waals surface area contributed by atoms with Gasteiger partial charge in [-0.05, 0) is 48.1 Å². The fraction of sp³-hybridized carbons (Fsp3) is 0.0667. The normalized spacial score (nSPS) is 15.2. The number of hydrogen-bond acceptors (Lipinski definition) is 2. The Balaban J connectivity index is 1.68. The molecule has 0 spiro atoms. The highest BCUT2D eigenvalue weighted by Crippen LogP contribution is 2.28. The minimum absolute atomic E-state index is 0.423. The van der Waals surface area contributed by atoms with Gasteiger partial charge in [-0.25, -0.2) is 0 Å². The summed E-state index contributed by atoms with van der Waals surface area (Å²) in [6.45, 7) is 0. The first-order valence-electron chi connectivity index (χ1n) is 6.34. The van der Waals surface area contributed by atoms with Crippen molar-refractivity contribution in [1.29, 1.82) is 0 Å². The monoisotopic (exact) mass is 333 g/mol. The molecule has 0 amide bonds. The quantitative estimate of drug-likeness (QED) is 0.738. The van der Waals surface area contributed by atoms with Gasteiger partial charge in [0.1, 0.15) is 0 Å². The highest BCUT2D eigenvalue weighted by atomic mass is 35.5. The number of hydrogen-bond donors (Lipinski definition) is 2. The van der Waals surface area contributed by atoms with Crippen LogP contribution in [0.1, 0.15) is 5.56 Å². The third-order valence-corrected chi connectivity index (χ3v) is 4.29. The van der Waals surface area contributed by atoms with Gasteiger partial charge in [-0.15, -0.1) is 0 Å². The number of amidine groups is 1. The largest absolute Gasteiger partial charge is 0.334 e. The van der Waals surface area contributed by atoms with Gasteiger partial charge in [0.2, 0.25) is 0 Å². The van der Waals surface area contributed by atoms with Gasteiger partial charge < -0.3 is 10.6 Å². The van der Waals surface area contributed by atoms with Gasteiger partial charge in [0.25, 0.3) is 0 Å². The summed E-state index contributed by atoms with van der Waals surface area (Å²) in [7, 11) is 0. The summed E-state index contributed by atoms with van der Waals surface area (Å²) in [4.78, 5) is 4.41. The molecule has 1 aliphatic rings. The van der Waals surface area contributed by atoms with Crippen LogP contribution in [-0.4, -0.2) is 10.3 Å². The molecular weight excluding hydrogens is 322 g/mol. The van der Waals surface area contributed by atoms with E-state index >= 15 is 0 Å². The predicted molar refractivity (Wildman–Crippen MR) is 96.5 cm³/mol. The number of halogens is 1. The Morgan fingerprint density at radius 2 is 1.95 bits per heavy atom. The zero-order valence-corrected chi connectivity index (χ0v) is 13.4. The molecule has 0 saturated carbocycles. The van der Waals surface area contributed by atoms with E-state index in [9.17, 15) is 0 Å². The molecule has 2 aromatic carbocycles. The van der Waals surface area contributed by atoms with Gasteiger partial charge in [-0.1, -0.05) is 41.6 Å². The zero-order chi connectivity index (χ0) is 14.7. The average molecular weight is 334 g/mol. The Kier molecular flexibility index (Phi) is 4.43. The number of rotatable bonds is 1. The van der Waals surface area contributed by atoms with Crippen molar-refractivity contribution < 1.29 is 0 Å². The fourth-order valence-corrected chi connectivity index (χ4v) is 3.18. The molecule has 0 aliphatic carbocycles. The van der Waals surface area contributed by atoms with Crippen LogP contribution < -0.4 is 10.6 Å². The molecule has 1 aliphatic heterocycles. The zero-order valence-electron chi connectivity index (χ0n) is 11.0. The van der Waals surface area contributed by atoms with Gasteiger partial charge in [-0.3, -0.25) is 0 Å². The molecule has 2 N–H and O–H groups in total. The Bertz CT molecular complexity index is 698. The van der Waals surface area contributed by atoms with Crippen LogP contribution in [0, 0.1) is 0 Å². The van der Waals surface area contributed by atoms with Crippen molar-refractivity contribution >= 4 is 57.2 Å². The maximum Gasteiger partial charge on any atom is 0.199 e. The van der Waals surface area contributed by atoms with Crippen LogP contribution in [0.2, 0.25) is 5.02 Å². The van der Waals surface area contributed by atoms with E-state index in [2.05, 4.69) is 21.7 Å². The van der Waals surface area contributed by atoms with Gasteiger partial charge >= 0.3 is 0 Å². The maximum atomic E-state index is 5.85. The van der Waals surface area contributed by atoms with Crippen molar-refractivity contribution in [2.24, 2.45) is 4.99 Å². The van der Waals surface area contributed by atoms with Crippen LogP contribution in [-0.2, 0) is 5.75 Å². The highest BCUT2D eigenvalue weighted by molar-refractivity contribution is 8.13. The standard InChI is InChI=1S/C15H12ClN3S2/c16-11-5-7-12(8-6-11)17-14(20)19-15-18-13-4-2-1-3-10(13)9-21-15/h1-8H,9H2,(H2,17,18,19,20). The number of benzene rings is 2. The number of nitrogens with one attached hydrogen (secondary N) is 2. The first kappa shape index (κ1) is 14.4. The minimum atomic E-state index is 0.423. The van der Waals surface area contributed by atoms with Crippen LogP contribution in [0.15, 0.2) is 53.5 Å². The molecule has 3 rings (SSSR count). The number of thiocarbonyl (C=S) groups is 1. The van der Waals surface area contributed by atoms with Crippen LogP contribution in [0.25, 0.3) is 0 Å². The lowest BCUT2D eigenvalue weighted by molar-refractivity contribution is 1.39. The van der Waals surface area contributed by atoms with E-state index in [4.69, 9.17) is 23.8 Å². The number of anilines is 2. The van der Waals surface area contributed by atoms with Crippen molar-refractivity contribution in [2.45, 2.75) is 5.75 Å². The molecule has 0 unspecified atom stereocenters. The van der Waals surface area contributed by atoms with Gasteiger partial charge in [0.05, 0.1) is 0 Å². The smallest absolute Gasteiger partial charge is 0.199 e. The topological polar surface area (TPSA) is 36.4 Å². The summed E-state index contributed by atoms with van der Waals surface area (Å²) in [6, 6.07) is 15.5. The Morgan fingerprint density at radius 3 is 2.76 bits per heavy atom. The molecule has 0 radical (unpaired) electrons. The van der Waals surface area contributed by atoms with Crippen molar-refractivity contribution in [3.8, 4) is 0 Å². The SMILES string of the molecule is S=C(/N=C1\Nc2ccccc2CS1)Nc1ccc(Cl)cc1. The maximum absolute atomic E-state index is 5.85. The second-order valence-electron chi connectivity index (χ2n) is 4.42. The second-order valence-corrected chi connectivity index (χ2v) is 6.21. The molecule has 21 heavy (non-hydrogen) atoms. The predicted octanol–water partition coefficient (Wildman–Crippen LogP) is 4.75. The average Bonchev–Trinajstić information content (AvgIpc) is 2.49. The van der Waals surface area contributed by atoms with Gasteiger partial charge in [0, 0.05) is 22.2 Å². The molecule has 6 heteroatoms. The summed E-state index contributed by atoms with van der Waals surface area (Å²) in [5, 5.41) is 8.28. The highest BCUT2D eigenvalue weighted by Gasteiger charge is 2.13. The van der Waals surface area contributed by atoms with E-state index in [1.54, 1.807) is 11.8 Å². The third-order valence-electron chi connectivity index (χ3n) is 2.92. The van der Waals surface area contributed by atoms with E-state index < -0.39 is 0 Å².